The molecular formula is C33H45N5O6S. The second kappa shape index (κ2) is 15.0. The molecule has 2 aromatic carbocycles. The topological polar surface area (TPSA) is 164 Å². The Morgan fingerprint density at radius 3 is 2.31 bits per heavy atom. The highest BCUT2D eigenvalue weighted by Gasteiger charge is 2.35. The summed E-state index contributed by atoms with van der Waals surface area (Å²) in [6.45, 7) is 6.13. The van der Waals surface area contributed by atoms with Crippen LogP contribution in [0.15, 0.2) is 65.7 Å². The van der Waals surface area contributed by atoms with Gasteiger partial charge in [-0.3, -0.25) is 9.59 Å². The highest BCUT2D eigenvalue weighted by atomic mass is 32.2. The molecule has 244 valence electrons. The van der Waals surface area contributed by atoms with E-state index in [2.05, 4.69) is 15.6 Å². The van der Waals surface area contributed by atoms with Gasteiger partial charge in [0.05, 0.1) is 4.90 Å². The number of sulfonamides is 1. The molecule has 3 aromatic rings. The SMILES string of the molecule is CC(C)(C)OC(=O)[C@H](CCCCN)NC(=O)[C@H](Cc1c[nH]c2ccccc12)NC(=O)C1CCN(S(=O)(=O)c2ccccc2)CC1. The monoisotopic (exact) mass is 639 g/mol. The first-order chi connectivity index (χ1) is 21.4. The van der Waals surface area contributed by atoms with E-state index in [0.29, 0.717) is 38.6 Å². The van der Waals surface area contributed by atoms with Crippen molar-refractivity contribution in [1.29, 1.82) is 0 Å². The Labute approximate surface area is 265 Å². The third-order valence-electron chi connectivity index (χ3n) is 7.89. The van der Waals surface area contributed by atoms with Crippen LogP contribution in [-0.2, 0) is 35.6 Å². The summed E-state index contributed by atoms with van der Waals surface area (Å²) >= 11 is 0. The van der Waals surface area contributed by atoms with Gasteiger partial charge in [-0.2, -0.15) is 4.31 Å². The average molecular weight is 640 g/mol. The quantitative estimate of drug-likeness (QED) is 0.165. The molecule has 0 unspecified atom stereocenters. The van der Waals surface area contributed by atoms with E-state index < -0.39 is 45.5 Å². The van der Waals surface area contributed by atoms with Crippen LogP contribution in [0.2, 0.25) is 0 Å². The van der Waals surface area contributed by atoms with Gasteiger partial charge in [0, 0.05) is 42.5 Å². The molecule has 2 amide bonds. The van der Waals surface area contributed by atoms with E-state index in [9.17, 15) is 22.8 Å². The predicted octanol–water partition coefficient (Wildman–Crippen LogP) is 3.25. The van der Waals surface area contributed by atoms with E-state index in [4.69, 9.17) is 10.5 Å². The number of ether oxygens (including phenoxy) is 1. The first-order valence-electron chi connectivity index (χ1n) is 15.5. The van der Waals surface area contributed by atoms with Crippen LogP contribution in [-0.4, -0.2) is 72.8 Å². The second-order valence-electron chi connectivity index (χ2n) is 12.5. The average Bonchev–Trinajstić information content (AvgIpc) is 3.42. The number of aromatic nitrogens is 1. The molecule has 5 N–H and O–H groups in total. The maximum atomic E-state index is 13.8. The van der Waals surface area contributed by atoms with Crippen LogP contribution in [0.3, 0.4) is 0 Å². The van der Waals surface area contributed by atoms with Crippen LogP contribution in [0, 0.1) is 5.92 Å². The normalized spacial score (nSPS) is 16.2. The summed E-state index contributed by atoms with van der Waals surface area (Å²) in [7, 11) is -3.66. The van der Waals surface area contributed by atoms with Crippen molar-refractivity contribution < 1.29 is 27.5 Å². The summed E-state index contributed by atoms with van der Waals surface area (Å²) in [4.78, 5) is 43.9. The van der Waals surface area contributed by atoms with Crippen molar-refractivity contribution in [3.63, 3.8) is 0 Å². The summed E-state index contributed by atoms with van der Waals surface area (Å²) < 4.78 is 33.1. The molecule has 4 rings (SSSR count). The Morgan fingerprint density at radius 1 is 0.978 bits per heavy atom. The molecule has 0 saturated carbocycles. The van der Waals surface area contributed by atoms with Crippen LogP contribution in [0.25, 0.3) is 10.9 Å². The molecule has 1 aliphatic heterocycles. The lowest BCUT2D eigenvalue weighted by atomic mass is 9.96. The van der Waals surface area contributed by atoms with E-state index >= 15 is 0 Å². The van der Waals surface area contributed by atoms with Crippen molar-refractivity contribution >= 4 is 38.7 Å². The van der Waals surface area contributed by atoms with Gasteiger partial charge in [0.2, 0.25) is 21.8 Å². The van der Waals surface area contributed by atoms with E-state index in [-0.39, 0.29) is 30.3 Å². The molecular weight excluding hydrogens is 594 g/mol. The van der Waals surface area contributed by atoms with Crippen LogP contribution in [0.5, 0.6) is 0 Å². The fourth-order valence-corrected chi connectivity index (χ4v) is 7.00. The molecule has 11 nitrogen and oxygen atoms in total. The molecule has 2 heterocycles. The van der Waals surface area contributed by atoms with Gasteiger partial charge in [0.1, 0.15) is 17.7 Å². The maximum Gasteiger partial charge on any atom is 0.329 e. The number of carbonyl (C=O) groups excluding carboxylic acids is 3. The Balaban J connectivity index is 1.50. The number of amides is 2. The summed E-state index contributed by atoms with van der Waals surface area (Å²) in [6.07, 6.45) is 4.29. The van der Waals surface area contributed by atoms with Crippen LogP contribution >= 0.6 is 0 Å². The van der Waals surface area contributed by atoms with E-state index in [0.717, 1.165) is 16.5 Å². The standard InChI is InChI=1S/C33H45N5O6S/c1-33(2,3)44-32(41)28(15-9-10-18-34)36-31(40)29(21-24-22-35-27-14-8-7-13-26(24)27)37-30(39)23-16-19-38(20-17-23)45(42,43)25-11-5-4-6-12-25/h4-8,11-14,22-23,28-29,35H,9-10,15-21,34H2,1-3H3,(H,36,40)(H,37,39)/t28-,29-/m0/s1. The number of aromatic amines is 1. The van der Waals surface area contributed by atoms with Gasteiger partial charge in [-0.25, -0.2) is 13.2 Å². The minimum atomic E-state index is -3.66. The molecule has 2 atom stereocenters. The molecule has 12 heteroatoms. The zero-order valence-electron chi connectivity index (χ0n) is 26.3. The number of nitrogens with one attached hydrogen (secondary N) is 3. The number of benzene rings is 2. The Hall–Kier alpha value is -3.74. The summed E-state index contributed by atoms with van der Waals surface area (Å²) in [6, 6.07) is 14.0. The van der Waals surface area contributed by atoms with Crippen LogP contribution in [0.4, 0.5) is 0 Å². The Kier molecular flexibility index (Phi) is 11.4. The van der Waals surface area contributed by atoms with Crippen LogP contribution in [0.1, 0.15) is 58.4 Å². The number of nitrogens with zero attached hydrogens (tertiary/aromatic N) is 1. The number of esters is 1. The lowest BCUT2D eigenvalue weighted by Crippen LogP contribution is -2.54. The molecule has 1 saturated heterocycles. The lowest BCUT2D eigenvalue weighted by Gasteiger charge is -2.31. The maximum absolute atomic E-state index is 13.8. The molecule has 1 aromatic heterocycles. The molecule has 0 aliphatic carbocycles. The zero-order chi connectivity index (χ0) is 32.6. The van der Waals surface area contributed by atoms with Gasteiger partial charge < -0.3 is 26.1 Å². The molecule has 45 heavy (non-hydrogen) atoms. The number of rotatable bonds is 13. The Morgan fingerprint density at radius 2 is 1.64 bits per heavy atom. The van der Waals surface area contributed by atoms with Crippen molar-refractivity contribution in [2.24, 2.45) is 11.7 Å². The lowest BCUT2D eigenvalue weighted by molar-refractivity contribution is -0.159. The van der Waals surface area contributed by atoms with Gasteiger partial charge in [-0.1, -0.05) is 36.4 Å². The summed E-state index contributed by atoms with van der Waals surface area (Å²) in [5.74, 6) is -1.85. The van der Waals surface area contributed by atoms with Crippen molar-refractivity contribution in [1.82, 2.24) is 19.9 Å². The number of hydrogen-bond acceptors (Lipinski definition) is 7. The number of hydrogen-bond donors (Lipinski definition) is 4. The summed E-state index contributed by atoms with van der Waals surface area (Å²) in [5, 5.41) is 6.70. The molecule has 0 spiro atoms. The Bertz CT molecular complexity index is 1560. The van der Waals surface area contributed by atoms with Crippen molar-refractivity contribution in [2.75, 3.05) is 19.6 Å². The van der Waals surface area contributed by atoms with E-state index in [1.165, 1.54) is 4.31 Å². The number of nitrogens with two attached hydrogens (primary N) is 1. The van der Waals surface area contributed by atoms with Gasteiger partial charge in [-0.15, -0.1) is 0 Å². The number of para-hydroxylation sites is 1. The fourth-order valence-electron chi connectivity index (χ4n) is 5.51. The minimum Gasteiger partial charge on any atom is -0.458 e. The predicted molar refractivity (Wildman–Crippen MR) is 173 cm³/mol. The number of piperidine rings is 1. The number of unbranched alkanes of at least 4 members (excludes halogenated alkanes) is 1. The zero-order valence-corrected chi connectivity index (χ0v) is 27.1. The second-order valence-corrected chi connectivity index (χ2v) is 14.4. The van der Waals surface area contributed by atoms with Gasteiger partial charge >= 0.3 is 5.97 Å². The summed E-state index contributed by atoms with van der Waals surface area (Å²) in [5.41, 5.74) is 6.66. The third kappa shape index (κ3) is 9.15. The van der Waals surface area contributed by atoms with E-state index in [1.807, 2.05) is 30.5 Å². The number of fused-ring (bicyclic) bond motifs is 1. The molecule has 1 fully saturated rings. The first kappa shape index (κ1) is 34.1. The van der Waals surface area contributed by atoms with Crippen molar-refractivity contribution in [3.05, 3.63) is 66.4 Å². The fraction of sp³-hybridized carbons (Fsp3) is 0.485. The molecule has 1 aliphatic rings. The largest absolute Gasteiger partial charge is 0.458 e. The highest BCUT2D eigenvalue weighted by molar-refractivity contribution is 7.89. The van der Waals surface area contributed by atoms with Crippen LogP contribution < -0.4 is 16.4 Å². The smallest absolute Gasteiger partial charge is 0.329 e. The highest BCUT2D eigenvalue weighted by Crippen LogP contribution is 2.25. The first-order valence-corrected chi connectivity index (χ1v) is 17.0. The number of carbonyl (C=O) groups is 3. The van der Waals surface area contributed by atoms with Gasteiger partial charge in [-0.05, 0) is 83.2 Å². The van der Waals surface area contributed by atoms with Crippen molar-refractivity contribution in [2.45, 2.75) is 81.9 Å². The van der Waals surface area contributed by atoms with Crippen molar-refractivity contribution in [3.8, 4) is 0 Å². The molecule has 0 radical (unpaired) electrons. The van der Waals surface area contributed by atoms with Gasteiger partial charge in [0.15, 0.2) is 0 Å². The third-order valence-corrected chi connectivity index (χ3v) is 9.81. The molecule has 0 bridgehead atoms. The number of H-pyrrole nitrogens is 1. The van der Waals surface area contributed by atoms with E-state index in [1.54, 1.807) is 51.1 Å². The van der Waals surface area contributed by atoms with Gasteiger partial charge in [0.25, 0.3) is 0 Å². The minimum absolute atomic E-state index is 0.187.